The Balaban J connectivity index is 1.33. The smallest absolute Gasteiger partial charge is 0.239 e. The van der Waals surface area contributed by atoms with Gasteiger partial charge in [-0.15, -0.1) is 6.58 Å². The van der Waals surface area contributed by atoms with E-state index in [1.54, 1.807) is 6.08 Å². The third-order valence-electron chi connectivity index (χ3n) is 14.5. The molecule has 0 radical (unpaired) electrons. The summed E-state index contributed by atoms with van der Waals surface area (Å²) in [6, 6.07) is 17.5. The number of nitrogens with zero attached hydrogens (tertiary/aromatic N) is 2. The molecule has 3 aliphatic carbocycles. The Morgan fingerprint density at radius 2 is 1.62 bits per heavy atom. The number of hydrogen-bond donors (Lipinski definition) is 2. The van der Waals surface area contributed by atoms with Crippen molar-refractivity contribution in [2.24, 2.45) is 28.8 Å². The van der Waals surface area contributed by atoms with E-state index in [9.17, 15) is 10.2 Å². The number of oxime groups is 1. The van der Waals surface area contributed by atoms with E-state index in [-0.39, 0.29) is 56.8 Å². The molecule has 2 N–H and O–H groups in total. The number of benzene rings is 3. The van der Waals surface area contributed by atoms with Gasteiger partial charge in [0.1, 0.15) is 28.9 Å². The highest BCUT2D eigenvalue weighted by atomic mass is 16.7. The molecule has 8 rings (SSSR count). The van der Waals surface area contributed by atoms with Crippen molar-refractivity contribution in [2.75, 3.05) is 26.6 Å². The van der Waals surface area contributed by atoms with Gasteiger partial charge in [-0.3, -0.25) is 4.79 Å². The Morgan fingerprint density at radius 1 is 0.894 bits per heavy atom. The van der Waals surface area contributed by atoms with Crippen molar-refractivity contribution >= 4 is 11.6 Å². The van der Waals surface area contributed by atoms with E-state index in [4.69, 9.17) is 33.7 Å². The van der Waals surface area contributed by atoms with Gasteiger partial charge in [0.25, 0.3) is 0 Å². The first-order valence-electron chi connectivity index (χ1n) is 24.6. The average molecular weight is 905 g/mol. The third kappa shape index (κ3) is 10.5. The Labute approximate surface area is 392 Å². The van der Waals surface area contributed by atoms with Crippen molar-refractivity contribution in [3.63, 3.8) is 0 Å². The van der Waals surface area contributed by atoms with Crippen molar-refractivity contribution in [3.8, 4) is 28.7 Å². The van der Waals surface area contributed by atoms with Crippen LogP contribution < -0.4 is 18.9 Å². The molecule has 2 fully saturated rings. The SMILES string of the molecule is C=CCO[C@@]12Oc3ccc(Oc4ccc(C)c(C)c4)cc3[C@H]3[C@H](CCCCO)[C@@H](CCCCO)C=C(C(=NOC(C)(C)C)C[C@@H]1N(Cc1ccc4c(c1)OCO4)C(=O)CCC1CCCC1)[C@H]32. The number of hydrogen-bond acceptors (Lipinski definition) is 10. The Bertz CT molecular complexity index is 2240. The number of carbonyl (C=O) groups excluding carboxylic acids is 1. The fourth-order valence-corrected chi connectivity index (χ4v) is 11.2. The number of ether oxygens (including phenoxy) is 5. The fourth-order valence-electron chi connectivity index (χ4n) is 11.2. The van der Waals surface area contributed by atoms with Crippen LogP contribution in [0.15, 0.2) is 84.1 Å². The zero-order valence-corrected chi connectivity index (χ0v) is 39.9. The van der Waals surface area contributed by atoms with Crippen molar-refractivity contribution in [3.05, 3.63) is 101 Å². The average Bonchev–Trinajstić information content (AvgIpc) is 4.01. The molecule has 11 nitrogen and oxygen atoms in total. The lowest BCUT2D eigenvalue weighted by Gasteiger charge is -2.60. The highest BCUT2D eigenvalue weighted by Crippen LogP contribution is 2.62. The van der Waals surface area contributed by atoms with E-state index in [0.717, 1.165) is 78.7 Å². The van der Waals surface area contributed by atoms with Crippen LogP contribution in [0, 0.1) is 37.5 Å². The molecular formula is C55H72N2O9. The Kier molecular flexibility index (Phi) is 15.2. The lowest BCUT2D eigenvalue weighted by Crippen LogP contribution is -2.70. The summed E-state index contributed by atoms with van der Waals surface area (Å²) in [5, 5.41) is 25.1. The highest BCUT2D eigenvalue weighted by molar-refractivity contribution is 6.03. The van der Waals surface area contributed by atoms with Crippen LogP contribution in [-0.4, -0.2) is 70.8 Å². The largest absolute Gasteiger partial charge is 0.459 e. The first-order chi connectivity index (χ1) is 31.9. The molecule has 11 heteroatoms. The topological polar surface area (TPSA) is 129 Å². The second-order valence-corrected chi connectivity index (χ2v) is 20.2. The number of aliphatic hydroxyl groups is 2. The van der Waals surface area contributed by atoms with Crippen molar-refractivity contribution in [2.45, 2.75) is 148 Å². The summed E-state index contributed by atoms with van der Waals surface area (Å²) in [6.45, 7) is 15.2. The predicted octanol–water partition coefficient (Wildman–Crippen LogP) is 11.3. The summed E-state index contributed by atoms with van der Waals surface area (Å²) in [6.07, 6.45) is 15.2. The van der Waals surface area contributed by atoms with E-state index >= 15 is 4.79 Å². The molecule has 3 aromatic rings. The number of aliphatic hydroxyl groups excluding tert-OH is 2. The molecule has 66 heavy (non-hydrogen) atoms. The maximum atomic E-state index is 15.3. The van der Waals surface area contributed by atoms with E-state index in [2.05, 4.69) is 44.7 Å². The number of carbonyl (C=O) groups is 1. The highest BCUT2D eigenvalue weighted by Gasteiger charge is 2.65. The molecule has 0 aromatic heterocycles. The number of aryl methyl sites for hydroxylation is 2. The van der Waals surface area contributed by atoms with Crippen LogP contribution in [0.3, 0.4) is 0 Å². The van der Waals surface area contributed by atoms with Gasteiger partial charge in [-0.2, -0.15) is 0 Å². The lowest BCUT2D eigenvalue weighted by atomic mass is 9.55. The summed E-state index contributed by atoms with van der Waals surface area (Å²) in [4.78, 5) is 23.7. The summed E-state index contributed by atoms with van der Waals surface area (Å²) in [7, 11) is 0. The predicted molar refractivity (Wildman–Crippen MR) is 256 cm³/mol. The second kappa shape index (κ2) is 21.0. The van der Waals surface area contributed by atoms with Crippen LogP contribution in [0.2, 0.25) is 0 Å². The van der Waals surface area contributed by atoms with Crippen LogP contribution in [0.4, 0.5) is 0 Å². The molecule has 0 spiro atoms. The molecule has 2 aliphatic heterocycles. The Hall–Kier alpha value is -4.84. The zero-order valence-electron chi connectivity index (χ0n) is 39.9. The van der Waals surface area contributed by atoms with Crippen LogP contribution in [0.25, 0.3) is 0 Å². The minimum absolute atomic E-state index is 0.0370. The first kappa shape index (κ1) is 47.6. The van der Waals surface area contributed by atoms with E-state index in [0.29, 0.717) is 54.6 Å². The Morgan fingerprint density at radius 3 is 2.36 bits per heavy atom. The van der Waals surface area contributed by atoms with Gasteiger partial charge in [0.2, 0.25) is 18.5 Å². The van der Waals surface area contributed by atoms with Gasteiger partial charge in [0.05, 0.1) is 18.2 Å². The monoisotopic (exact) mass is 905 g/mol. The molecule has 3 aromatic carbocycles. The van der Waals surface area contributed by atoms with Gasteiger partial charge in [-0.05, 0) is 149 Å². The number of fused-ring (bicyclic) bond motifs is 3. The molecule has 2 saturated carbocycles. The number of allylic oxidation sites excluding steroid dienone is 1. The quantitative estimate of drug-likeness (QED) is 0.0647. The summed E-state index contributed by atoms with van der Waals surface area (Å²) in [5.74, 6) is 2.25. The van der Waals surface area contributed by atoms with Crippen molar-refractivity contribution < 1.29 is 43.5 Å². The molecule has 1 amide bonds. The van der Waals surface area contributed by atoms with Crippen LogP contribution in [-0.2, 0) is 20.9 Å². The zero-order chi connectivity index (χ0) is 46.4. The van der Waals surface area contributed by atoms with Gasteiger partial charge in [0, 0.05) is 44.1 Å². The summed E-state index contributed by atoms with van der Waals surface area (Å²) >= 11 is 0. The molecule has 0 bridgehead atoms. The molecular weight excluding hydrogens is 833 g/mol. The molecule has 0 unspecified atom stereocenters. The van der Waals surface area contributed by atoms with Gasteiger partial charge >= 0.3 is 0 Å². The number of amides is 1. The molecule has 0 saturated heterocycles. The second-order valence-electron chi connectivity index (χ2n) is 20.2. The minimum atomic E-state index is -1.38. The van der Waals surface area contributed by atoms with Gasteiger partial charge in [-0.1, -0.05) is 68.0 Å². The lowest BCUT2D eigenvalue weighted by molar-refractivity contribution is -0.258. The summed E-state index contributed by atoms with van der Waals surface area (Å²) in [5.41, 5.74) is 5.46. The van der Waals surface area contributed by atoms with E-state index < -0.39 is 23.3 Å². The van der Waals surface area contributed by atoms with Gasteiger partial charge in [-0.25, -0.2) is 0 Å². The molecule has 5 aliphatic rings. The van der Waals surface area contributed by atoms with Gasteiger partial charge in [0.15, 0.2) is 11.5 Å². The van der Waals surface area contributed by atoms with Crippen molar-refractivity contribution in [1.82, 2.24) is 4.90 Å². The van der Waals surface area contributed by atoms with E-state index in [1.807, 2.05) is 62.1 Å². The number of rotatable bonds is 20. The van der Waals surface area contributed by atoms with Crippen LogP contribution in [0.5, 0.6) is 28.7 Å². The maximum Gasteiger partial charge on any atom is 0.239 e. The van der Waals surface area contributed by atoms with Crippen molar-refractivity contribution in [1.29, 1.82) is 0 Å². The molecule has 6 atom stereocenters. The number of unbranched alkanes of at least 4 members (excludes halogenated alkanes) is 2. The summed E-state index contributed by atoms with van der Waals surface area (Å²) < 4.78 is 33.1. The first-order valence-corrected chi connectivity index (χ1v) is 24.6. The standard InChI is InChI=1S/C55H72N2O9/c1-7-28-63-55-50(57(51(60)25-20-38-14-8-9-15-38)34-39-19-23-48-49(30-39)62-35-61-48)33-46(56-66-54(4,5)6)44-31-40(16-10-12-26-58)43(17-11-13-27-59)52(53(44)55)45-32-42(22-24-47(45)65-55)64-41-21-18-36(2)37(3)29-41/h7,18-19,21-24,29-32,38,40,43,50,52-53,58-59H,1,8-17,20,25-28,33-35H2,2-6H3/t40-,43+,50-,52+,53+,55+/m0/s1. The van der Waals surface area contributed by atoms with E-state index in [1.165, 1.54) is 18.4 Å². The van der Waals surface area contributed by atoms with Gasteiger partial charge < -0.3 is 43.6 Å². The minimum Gasteiger partial charge on any atom is -0.459 e. The maximum absolute atomic E-state index is 15.3. The van der Waals surface area contributed by atoms with Crippen LogP contribution in [0.1, 0.15) is 132 Å². The third-order valence-corrected chi connectivity index (χ3v) is 14.5. The molecule has 2 heterocycles. The normalized spacial score (nSPS) is 24.9. The fraction of sp³-hybridized carbons (Fsp3) is 0.564. The van der Waals surface area contributed by atoms with Crippen LogP contribution >= 0.6 is 0 Å². The molecule has 356 valence electrons.